The number of unbranched alkanes of at least 4 members (excludes halogenated alkanes) is 2. The Labute approximate surface area is 151 Å². The van der Waals surface area contributed by atoms with Crippen LogP contribution >= 0.6 is 0 Å². The van der Waals surface area contributed by atoms with Crippen molar-refractivity contribution in [2.45, 2.75) is 57.9 Å². The van der Waals surface area contributed by atoms with Crippen molar-refractivity contribution in [3.05, 3.63) is 35.9 Å². The second kappa shape index (κ2) is 12.9. The van der Waals surface area contributed by atoms with Crippen LogP contribution in [-0.2, 0) is 14.9 Å². The van der Waals surface area contributed by atoms with Crippen molar-refractivity contribution in [2.24, 2.45) is 0 Å². The molecule has 25 heavy (non-hydrogen) atoms. The highest BCUT2D eigenvalue weighted by Gasteiger charge is 2.21. The zero-order valence-corrected chi connectivity index (χ0v) is 16.1. The number of carbonyl (C=O) groups is 1. The van der Waals surface area contributed by atoms with Crippen LogP contribution in [0.5, 0.6) is 0 Å². The highest BCUT2D eigenvalue weighted by Crippen LogP contribution is 2.16. The van der Waals surface area contributed by atoms with Gasteiger partial charge in [-0.2, -0.15) is 8.42 Å². The molecule has 0 aliphatic rings. The van der Waals surface area contributed by atoms with Crippen molar-refractivity contribution in [1.29, 1.82) is 0 Å². The van der Waals surface area contributed by atoms with Gasteiger partial charge in [-0.05, 0) is 18.4 Å². The normalized spacial score (nSPS) is 13.3. The first-order valence-electron chi connectivity index (χ1n) is 8.61. The number of carbonyl (C=O) groups excluding carboxylic acids is 1. The van der Waals surface area contributed by atoms with Crippen LogP contribution in [0.3, 0.4) is 0 Å². The zero-order valence-electron chi connectivity index (χ0n) is 15.3. The van der Waals surface area contributed by atoms with E-state index in [1.807, 2.05) is 30.3 Å². The van der Waals surface area contributed by atoms with E-state index >= 15 is 0 Å². The third kappa shape index (κ3) is 12.6. The number of benzene rings is 1. The lowest BCUT2D eigenvalue weighted by atomic mass is 9.98. The maximum Gasteiger partial charge on any atom is 0.261 e. The van der Waals surface area contributed by atoms with E-state index in [-0.39, 0.29) is 18.6 Å². The van der Waals surface area contributed by atoms with Crippen LogP contribution in [0.2, 0.25) is 0 Å². The van der Waals surface area contributed by atoms with Crippen molar-refractivity contribution in [3.8, 4) is 0 Å². The van der Waals surface area contributed by atoms with E-state index < -0.39 is 16.0 Å². The summed E-state index contributed by atoms with van der Waals surface area (Å²) in [6.07, 6.45) is 6.20. The number of aliphatic hydroxyl groups excluding tert-OH is 1. The molecule has 0 radical (unpaired) electrons. The van der Waals surface area contributed by atoms with Gasteiger partial charge in [0.2, 0.25) is 5.91 Å². The van der Waals surface area contributed by atoms with Gasteiger partial charge in [-0.1, -0.05) is 63.4 Å². The molecule has 1 rings (SSSR count). The van der Waals surface area contributed by atoms with Gasteiger partial charge < -0.3 is 10.4 Å². The molecule has 2 atom stereocenters. The Morgan fingerprint density at radius 1 is 1.16 bits per heavy atom. The van der Waals surface area contributed by atoms with Crippen LogP contribution < -0.4 is 5.32 Å². The van der Waals surface area contributed by atoms with Crippen LogP contribution in [0.4, 0.5) is 0 Å². The van der Waals surface area contributed by atoms with Crippen LogP contribution in [0.15, 0.2) is 30.3 Å². The first kappa shape index (κ1) is 23.6. The van der Waals surface area contributed by atoms with Crippen molar-refractivity contribution < 1.29 is 22.9 Å². The van der Waals surface area contributed by atoms with Gasteiger partial charge in [0.05, 0.1) is 18.8 Å². The second-order valence-electron chi connectivity index (χ2n) is 5.99. The van der Waals surface area contributed by atoms with Crippen LogP contribution in [-0.4, -0.2) is 42.9 Å². The highest BCUT2D eigenvalue weighted by atomic mass is 32.2. The minimum absolute atomic E-state index is 0.0675. The van der Waals surface area contributed by atoms with E-state index in [1.165, 1.54) is 12.8 Å². The third-order valence-electron chi connectivity index (χ3n) is 3.70. The van der Waals surface area contributed by atoms with E-state index in [1.54, 1.807) is 0 Å². The third-order valence-corrected chi connectivity index (χ3v) is 3.70. The molecular weight excluding hydrogens is 342 g/mol. The lowest BCUT2D eigenvalue weighted by molar-refractivity contribution is -0.124. The van der Waals surface area contributed by atoms with Gasteiger partial charge in [0.25, 0.3) is 10.1 Å². The summed E-state index contributed by atoms with van der Waals surface area (Å²) in [6.45, 7) is 4.12. The van der Waals surface area contributed by atoms with Crippen molar-refractivity contribution in [1.82, 2.24) is 5.32 Å². The van der Waals surface area contributed by atoms with Crippen molar-refractivity contribution in [2.75, 3.05) is 12.9 Å². The largest absolute Gasteiger partial charge is 0.395 e. The number of hydrogen-bond acceptors (Lipinski definition) is 4. The standard InChI is InChI=1S/C17H27NO2.CH4O3S/c1-3-5-7-12-15(4-2)18-17(20)16(13-19)14-10-8-6-9-11-14;1-5(2,3)4/h6,8-11,15-16,19H,3-5,7,12-13H2,1-2H3,(H,18,20);1H3,(H,2,3,4). The lowest BCUT2D eigenvalue weighted by Gasteiger charge is -2.21. The Morgan fingerprint density at radius 3 is 2.16 bits per heavy atom. The summed E-state index contributed by atoms with van der Waals surface area (Å²) in [4.78, 5) is 12.3. The molecule has 0 bridgehead atoms. The Balaban J connectivity index is 0.00000101. The molecule has 0 aromatic heterocycles. The van der Waals surface area contributed by atoms with Gasteiger partial charge in [-0.25, -0.2) is 0 Å². The molecule has 1 aromatic carbocycles. The van der Waals surface area contributed by atoms with Gasteiger partial charge in [0.1, 0.15) is 0 Å². The van der Waals surface area contributed by atoms with E-state index in [2.05, 4.69) is 19.2 Å². The Morgan fingerprint density at radius 2 is 1.72 bits per heavy atom. The van der Waals surface area contributed by atoms with Crippen molar-refractivity contribution >= 4 is 16.0 Å². The topological polar surface area (TPSA) is 104 Å². The molecular formula is C18H31NO5S. The quantitative estimate of drug-likeness (QED) is 0.456. The Kier molecular flexibility index (Phi) is 12.1. The van der Waals surface area contributed by atoms with Crippen LogP contribution in [0.1, 0.15) is 57.4 Å². The van der Waals surface area contributed by atoms with Gasteiger partial charge in [-0.3, -0.25) is 9.35 Å². The summed E-state index contributed by atoms with van der Waals surface area (Å²) < 4.78 is 25.9. The van der Waals surface area contributed by atoms with Gasteiger partial charge >= 0.3 is 0 Å². The molecule has 0 aliphatic carbocycles. The van der Waals surface area contributed by atoms with E-state index in [0.717, 1.165) is 24.8 Å². The number of rotatable bonds is 9. The number of nitrogens with one attached hydrogen (secondary N) is 1. The van der Waals surface area contributed by atoms with Crippen molar-refractivity contribution in [3.63, 3.8) is 0 Å². The predicted octanol–water partition coefficient (Wildman–Crippen LogP) is 2.74. The monoisotopic (exact) mass is 373 g/mol. The molecule has 0 saturated carbocycles. The molecule has 1 aromatic rings. The molecule has 3 N–H and O–H groups in total. The van der Waals surface area contributed by atoms with E-state index in [4.69, 9.17) is 4.55 Å². The smallest absolute Gasteiger partial charge is 0.261 e. The molecule has 0 heterocycles. The highest BCUT2D eigenvalue weighted by molar-refractivity contribution is 7.85. The molecule has 0 spiro atoms. The molecule has 7 heteroatoms. The summed E-state index contributed by atoms with van der Waals surface area (Å²) in [6, 6.07) is 9.69. The molecule has 1 amide bonds. The summed E-state index contributed by atoms with van der Waals surface area (Å²) in [5.41, 5.74) is 0.871. The lowest BCUT2D eigenvalue weighted by Crippen LogP contribution is -2.38. The fourth-order valence-corrected chi connectivity index (χ4v) is 2.35. The molecule has 0 aliphatic heterocycles. The average molecular weight is 374 g/mol. The fourth-order valence-electron chi connectivity index (χ4n) is 2.35. The van der Waals surface area contributed by atoms with Crippen LogP contribution in [0, 0.1) is 0 Å². The predicted molar refractivity (Wildman–Crippen MR) is 100 cm³/mol. The first-order valence-corrected chi connectivity index (χ1v) is 10.5. The second-order valence-corrected chi connectivity index (χ2v) is 7.45. The summed E-state index contributed by atoms with van der Waals surface area (Å²) in [5.74, 6) is -0.529. The maximum absolute atomic E-state index is 12.3. The molecule has 144 valence electrons. The van der Waals surface area contributed by atoms with E-state index in [9.17, 15) is 18.3 Å². The SMILES string of the molecule is CCCCCC(CC)NC(=O)C(CO)c1ccccc1.CS(=O)(=O)O. The number of aliphatic hydroxyl groups is 1. The molecule has 2 unspecified atom stereocenters. The molecule has 0 fully saturated rings. The maximum atomic E-state index is 12.3. The summed E-state index contributed by atoms with van der Waals surface area (Å²) >= 11 is 0. The summed E-state index contributed by atoms with van der Waals surface area (Å²) in [5, 5.41) is 12.6. The van der Waals surface area contributed by atoms with Crippen LogP contribution in [0.25, 0.3) is 0 Å². The minimum atomic E-state index is -3.67. The van der Waals surface area contributed by atoms with Gasteiger partial charge in [-0.15, -0.1) is 0 Å². The summed E-state index contributed by atoms with van der Waals surface area (Å²) in [7, 11) is -3.67. The van der Waals surface area contributed by atoms with Gasteiger partial charge in [0, 0.05) is 6.04 Å². The molecule has 0 saturated heterocycles. The first-order chi connectivity index (χ1) is 11.7. The average Bonchev–Trinajstić information content (AvgIpc) is 2.54. The minimum Gasteiger partial charge on any atom is -0.395 e. The fraction of sp³-hybridized carbons (Fsp3) is 0.611. The number of amides is 1. The molecule has 6 nitrogen and oxygen atoms in total. The Bertz CT molecular complexity index is 566. The number of hydrogen-bond donors (Lipinski definition) is 3. The zero-order chi connectivity index (χ0) is 19.3. The Hall–Kier alpha value is -1.44. The van der Waals surface area contributed by atoms with E-state index in [0.29, 0.717) is 6.26 Å². The van der Waals surface area contributed by atoms with Gasteiger partial charge in [0.15, 0.2) is 0 Å².